The summed E-state index contributed by atoms with van der Waals surface area (Å²) in [6.07, 6.45) is 7.84. The second kappa shape index (κ2) is 9.22. The van der Waals surface area contributed by atoms with Crippen molar-refractivity contribution in [1.29, 1.82) is 5.26 Å². The average molecular weight is 467 g/mol. The summed E-state index contributed by atoms with van der Waals surface area (Å²) in [5, 5.41) is 10.6. The second-order valence-electron chi connectivity index (χ2n) is 9.13. The minimum atomic E-state index is -0.577. The first-order valence-corrected chi connectivity index (χ1v) is 11.9. The van der Waals surface area contributed by atoms with Gasteiger partial charge in [0.05, 0.1) is 29.9 Å². The number of para-hydroxylation sites is 2. The van der Waals surface area contributed by atoms with E-state index in [1.54, 1.807) is 0 Å². The predicted molar refractivity (Wildman–Crippen MR) is 133 cm³/mol. The topological polar surface area (TPSA) is 111 Å². The lowest BCUT2D eigenvalue weighted by Crippen LogP contribution is -2.16. The first-order valence-electron chi connectivity index (χ1n) is 11.9. The van der Waals surface area contributed by atoms with Crippen molar-refractivity contribution in [2.24, 2.45) is 5.73 Å². The van der Waals surface area contributed by atoms with Gasteiger partial charge in [-0.2, -0.15) is 5.26 Å². The smallest absolute Gasteiger partial charge is 0.225 e. The van der Waals surface area contributed by atoms with Gasteiger partial charge < -0.3 is 14.9 Å². The number of nitrogens with zero attached hydrogens (tertiary/aromatic N) is 3. The lowest BCUT2D eigenvalue weighted by Gasteiger charge is -2.14. The van der Waals surface area contributed by atoms with Gasteiger partial charge in [-0.3, -0.25) is 14.4 Å². The molecule has 1 amide bonds. The van der Waals surface area contributed by atoms with Crippen LogP contribution >= 0.6 is 0 Å². The molecule has 35 heavy (non-hydrogen) atoms. The van der Waals surface area contributed by atoms with E-state index in [2.05, 4.69) is 21.3 Å². The van der Waals surface area contributed by atoms with Gasteiger partial charge in [0.1, 0.15) is 0 Å². The minimum absolute atomic E-state index is 0.0384. The molecular formula is C28H26N4O3. The van der Waals surface area contributed by atoms with E-state index >= 15 is 0 Å². The van der Waals surface area contributed by atoms with Gasteiger partial charge in [-0.25, -0.2) is 0 Å². The van der Waals surface area contributed by atoms with Crippen molar-refractivity contribution in [3.05, 3.63) is 71.0 Å². The molecule has 2 aromatic heterocycles. The SMILES string of the molecule is N#CCC(=O)c1cn2c3c(cccc13)CCC2.NC(=O)CC(=O)c1cn2c3c(cccc13)CCC2. The van der Waals surface area contributed by atoms with Gasteiger partial charge in [0.2, 0.25) is 5.91 Å². The van der Waals surface area contributed by atoms with Crippen LogP contribution in [0.4, 0.5) is 0 Å². The van der Waals surface area contributed by atoms with Crippen LogP contribution in [0.2, 0.25) is 0 Å². The van der Waals surface area contributed by atoms with Crippen LogP contribution in [0, 0.1) is 11.3 Å². The van der Waals surface area contributed by atoms with Gasteiger partial charge in [0.15, 0.2) is 11.6 Å². The Kier molecular flexibility index (Phi) is 5.96. The summed E-state index contributed by atoms with van der Waals surface area (Å²) in [5.74, 6) is -0.840. The molecule has 4 aromatic rings. The number of Topliss-reactive ketones (excluding diaryl/α,β-unsaturated/α-hetero) is 2. The van der Waals surface area contributed by atoms with Crippen LogP contribution in [0.5, 0.6) is 0 Å². The number of carbonyl (C=O) groups is 3. The monoisotopic (exact) mass is 466 g/mol. The molecule has 7 nitrogen and oxygen atoms in total. The summed E-state index contributed by atoms with van der Waals surface area (Å²) in [6, 6.07) is 14.0. The number of hydrogen-bond donors (Lipinski definition) is 1. The summed E-state index contributed by atoms with van der Waals surface area (Å²) in [6.45, 7) is 1.89. The molecule has 2 N–H and O–H groups in total. The number of ketones is 2. The number of hydrogen-bond acceptors (Lipinski definition) is 4. The van der Waals surface area contributed by atoms with Crippen LogP contribution in [0.3, 0.4) is 0 Å². The van der Waals surface area contributed by atoms with E-state index in [4.69, 9.17) is 11.0 Å². The van der Waals surface area contributed by atoms with E-state index in [-0.39, 0.29) is 24.4 Å². The Morgan fingerprint density at radius 3 is 1.83 bits per heavy atom. The molecule has 2 aromatic carbocycles. The largest absolute Gasteiger partial charge is 0.369 e. The Balaban J connectivity index is 0.000000145. The van der Waals surface area contributed by atoms with E-state index < -0.39 is 5.91 Å². The summed E-state index contributed by atoms with van der Waals surface area (Å²) in [5.41, 5.74) is 11.3. The van der Waals surface area contributed by atoms with Gasteiger partial charge in [-0.1, -0.05) is 36.4 Å². The number of primary amides is 1. The summed E-state index contributed by atoms with van der Waals surface area (Å²) in [4.78, 5) is 34.8. The highest BCUT2D eigenvalue weighted by Crippen LogP contribution is 2.31. The molecule has 176 valence electrons. The van der Waals surface area contributed by atoms with Crippen molar-refractivity contribution in [3.63, 3.8) is 0 Å². The standard InChI is InChI=1S/C14H14N2O2.C14H12N2O/c15-13(18)7-12(17)11-8-16-6-2-4-9-3-1-5-10(11)14(9)16;15-7-6-13(17)12-9-16-8-2-4-10-3-1-5-11(12)14(10)16/h1,3,5,8H,2,4,6-7H2,(H2,15,18);1,3,5,9H,2,4,6,8H2. The number of rotatable bonds is 5. The fourth-order valence-electron chi connectivity index (χ4n) is 5.38. The average Bonchev–Trinajstić information content (AvgIpc) is 3.42. The molecule has 0 unspecified atom stereocenters. The fraction of sp³-hybridized carbons (Fsp3) is 0.286. The van der Waals surface area contributed by atoms with Gasteiger partial charge in [0.25, 0.3) is 0 Å². The first-order chi connectivity index (χ1) is 17.0. The molecule has 0 radical (unpaired) electrons. The van der Waals surface area contributed by atoms with Crippen LogP contribution in [0.15, 0.2) is 48.8 Å². The maximum atomic E-state index is 12.0. The van der Waals surface area contributed by atoms with Crippen LogP contribution in [0.1, 0.15) is 57.5 Å². The number of carbonyl (C=O) groups excluding carboxylic acids is 3. The normalized spacial score (nSPS) is 13.7. The zero-order valence-electron chi connectivity index (χ0n) is 19.4. The number of aromatic nitrogens is 2. The molecule has 0 aliphatic carbocycles. The molecule has 2 aliphatic rings. The molecule has 0 spiro atoms. The number of amides is 1. The highest BCUT2D eigenvalue weighted by molar-refractivity contribution is 6.14. The molecule has 6 rings (SSSR count). The number of aryl methyl sites for hydroxylation is 4. The quantitative estimate of drug-likeness (QED) is 0.349. The van der Waals surface area contributed by atoms with Gasteiger partial charge in [-0.05, 0) is 36.8 Å². The van der Waals surface area contributed by atoms with E-state index in [0.717, 1.165) is 55.1 Å². The third-order valence-electron chi connectivity index (χ3n) is 6.83. The van der Waals surface area contributed by atoms with Gasteiger partial charge >= 0.3 is 0 Å². The minimum Gasteiger partial charge on any atom is -0.369 e. The zero-order chi connectivity index (χ0) is 24.5. The highest BCUT2D eigenvalue weighted by atomic mass is 16.2. The molecular weight excluding hydrogens is 440 g/mol. The molecule has 0 fully saturated rings. The number of nitrogens with two attached hydrogens (primary N) is 1. The van der Waals surface area contributed by atoms with Crippen LogP contribution in [0.25, 0.3) is 21.8 Å². The van der Waals surface area contributed by atoms with Crippen molar-refractivity contribution < 1.29 is 14.4 Å². The molecule has 0 bridgehead atoms. The van der Waals surface area contributed by atoms with Crippen molar-refractivity contribution in [2.45, 2.75) is 51.6 Å². The number of benzene rings is 2. The Morgan fingerprint density at radius 2 is 1.34 bits per heavy atom. The summed E-state index contributed by atoms with van der Waals surface area (Å²) >= 11 is 0. The van der Waals surface area contributed by atoms with Crippen molar-refractivity contribution >= 4 is 39.3 Å². The lowest BCUT2D eigenvalue weighted by molar-refractivity contribution is -0.117. The van der Waals surface area contributed by atoms with Crippen LogP contribution < -0.4 is 5.73 Å². The molecule has 0 saturated heterocycles. The Bertz CT molecular complexity index is 1530. The molecule has 2 aliphatic heterocycles. The molecule has 0 atom stereocenters. The molecule has 7 heteroatoms. The maximum Gasteiger partial charge on any atom is 0.225 e. The summed E-state index contributed by atoms with van der Waals surface area (Å²) < 4.78 is 4.27. The van der Waals surface area contributed by atoms with Crippen molar-refractivity contribution in [1.82, 2.24) is 9.13 Å². The molecule has 0 saturated carbocycles. The Labute approximate surface area is 202 Å². The van der Waals surface area contributed by atoms with Crippen molar-refractivity contribution in [2.75, 3.05) is 0 Å². The summed E-state index contributed by atoms with van der Waals surface area (Å²) in [7, 11) is 0. The van der Waals surface area contributed by atoms with E-state index in [1.807, 2.05) is 42.7 Å². The van der Waals surface area contributed by atoms with Crippen LogP contribution in [-0.4, -0.2) is 26.6 Å². The lowest BCUT2D eigenvalue weighted by atomic mass is 10.0. The third kappa shape index (κ3) is 4.12. The van der Waals surface area contributed by atoms with E-state index in [0.29, 0.717) is 11.1 Å². The zero-order valence-corrected chi connectivity index (χ0v) is 19.4. The van der Waals surface area contributed by atoms with E-state index in [9.17, 15) is 14.4 Å². The first kappa shape index (κ1) is 22.6. The van der Waals surface area contributed by atoms with Gasteiger partial charge in [-0.15, -0.1) is 0 Å². The fourth-order valence-corrected chi connectivity index (χ4v) is 5.38. The Hall–Kier alpha value is -4.18. The van der Waals surface area contributed by atoms with Gasteiger partial charge in [0, 0.05) is 47.4 Å². The second-order valence-corrected chi connectivity index (χ2v) is 9.13. The van der Waals surface area contributed by atoms with E-state index in [1.165, 1.54) is 16.6 Å². The Morgan fingerprint density at radius 1 is 0.829 bits per heavy atom. The third-order valence-corrected chi connectivity index (χ3v) is 6.83. The predicted octanol–water partition coefficient (Wildman–Crippen LogP) is 4.33. The highest BCUT2D eigenvalue weighted by Gasteiger charge is 2.21. The van der Waals surface area contributed by atoms with Crippen LogP contribution in [-0.2, 0) is 30.7 Å². The number of nitriles is 1. The maximum absolute atomic E-state index is 12.0. The molecule has 4 heterocycles. The van der Waals surface area contributed by atoms with Crippen molar-refractivity contribution in [3.8, 4) is 6.07 Å².